The first-order chi connectivity index (χ1) is 14.4. The number of carbonyl (C=O) groups is 1. The quantitative estimate of drug-likeness (QED) is 0.495. The van der Waals surface area contributed by atoms with Gasteiger partial charge in [-0.05, 0) is 35.7 Å². The van der Waals surface area contributed by atoms with Crippen LogP contribution in [0.2, 0.25) is 0 Å². The van der Waals surface area contributed by atoms with Crippen molar-refractivity contribution < 1.29 is 14.3 Å². The lowest BCUT2D eigenvalue weighted by atomic mass is 9.93. The largest absolute Gasteiger partial charge is 0.422 e. The number of amides is 1. The number of hydrogen-bond acceptors (Lipinski definition) is 4. The molecule has 0 bridgehead atoms. The monoisotopic (exact) mass is 399 g/mol. The minimum Gasteiger partial charge on any atom is -0.422 e. The molecule has 0 spiro atoms. The highest BCUT2D eigenvalue weighted by molar-refractivity contribution is 5.96. The van der Waals surface area contributed by atoms with E-state index in [9.17, 15) is 14.7 Å². The highest BCUT2D eigenvalue weighted by Crippen LogP contribution is 2.25. The maximum Gasteiger partial charge on any atom is 0.349 e. The lowest BCUT2D eigenvalue weighted by Crippen LogP contribution is -2.39. The fraction of sp³-hybridized carbons (Fsp3) is 0.120. The van der Waals surface area contributed by atoms with E-state index in [1.807, 2.05) is 54.6 Å². The maximum absolute atomic E-state index is 12.5. The van der Waals surface area contributed by atoms with E-state index in [1.54, 1.807) is 31.2 Å². The van der Waals surface area contributed by atoms with Crippen molar-refractivity contribution in [2.45, 2.75) is 12.5 Å². The Morgan fingerprint density at radius 2 is 1.57 bits per heavy atom. The molecule has 5 nitrogen and oxygen atoms in total. The molecule has 0 saturated carbocycles. The van der Waals surface area contributed by atoms with Gasteiger partial charge in [-0.1, -0.05) is 72.8 Å². The van der Waals surface area contributed by atoms with Crippen LogP contribution in [0.25, 0.3) is 22.1 Å². The highest BCUT2D eigenvalue weighted by atomic mass is 16.4. The van der Waals surface area contributed by atoms with Crippen LogP contribution in [0.5, 0.6) is 0 Å². The van der Waals surface area contributed by atoms with Crippen molar-refractivity contribution in [2.24, 2.45) is 0 Å². The SMILES string of the molecule is CC(O)(CNC(=O)c1cc2ccccc2oc1=O)c1ccc(-c2ccccc2)cc1. The van der Waals surface area contributed by atoms with Crippen LogP contribution in [0.1, 0.15) is 22.8 Å². The molecular formula is C25H21NO4. The molecule has 2 N–H and O–H groups in total. The molecule has 0 aliphatic rings. The molecule has 1 amide bonds. The smallest absolute Gasteiger partial charge is 0.349 e. The van der Waals surface area contributed by atoms with Gasteiger partial charge in [0.1, 0.15) is 16.7 Å². The Morgan fingerprint density at radius 3 is 2.30 bits per heavy atom. The molecule has 3 aromatic carbocycles. The first kappa shape index (κ1) is 19.6. The third-order valence-electron chi connectivity index (χ3n) is 5.09. The van der Waals surface area contributed by atoms with Crippen molar-refractivity contribution in [1.29, 1.82) is 0 Å². The molecule has 5 heteroatoms. The summed E-state index contributed by atoms with van der Waals surface area (Å²) < 4.78 is 5.21. The Morgan fingerprint density at radius 1 is 0.933 bits per heavy atom. The minimum absolute atomic E-state index is 0.0528. The Hall–Kier alpha value is -3.70. The van der Waals surface area contributed by atoms with Gasteiger partial charge in [-0.2, -0.15) is 0 Å². The normalized spacial score (nSPS) is 13.0. The Bertz CT molecular complexity index is 1240. The van der Waals surface area contributed by atoms with Crippen LogP contribution in [0.3, 0.4) is 0 Å². The fourth-order valence-corrected chi connectivity index (χ4v) is 3.32. The Kier molecular flexibility index (Phi) is 5.21. The van der Waals surface area contributed by atoms with Gasteiger partial charge in [0.05, 0.1) is 6.54 Å². The van der Waals surface area contributed by atoms with Gasteiger partial charge >= 0.3 is 5.63 Å². The molecule has 1 aromatic heterocycles. The Labute approximate surface area is 173 Å². The zero-order valence-corrected chi connectivity index (χ0v) is 16.5. The summed E-state index contributed by atoms with van der Waals surface area (Å²) in [5.41, 5.74) is 1.09. The van der Waals surface area contributed by atoms with Gasteiger partial charge in [-0.15, -0.1) is 0 Å². The zero-order chi connectivity index (χ0) is 21.1. The summed E-state index contributed by atoms with van der Waals surface area (Å²) in [5, 5.41) is 14.2. The van der Waals surface area contributed by atoms with Crippen molar-refractivity contribution in [1.82, 2.24) is 5.32 Å². The van der Waals surface area contributed by atoms with Crippen molar-refractivity contribution in [3.63, 3.8) is 0 Å². The molecule has 0 saturated heterocycles. The first-order valence-corrected chi connectivity index (χ1v) is 9.63. The predicted octanol–water partition coefficient (Wildman–Crippen LogP) is 4.10. The van der Waals surface area contributed by atoms with Gasteiger partial charge < -0.3 is 14.8 Å². The van der Waals surface area contributed by atoms with Crippen molar-refractivity contribution in [3.05, 3.63) is 106 Å². The van der Waals surface area contributed by atoms with Crippen LogP contribution in [-0.4, -0.2) is 17.6 Å². The fourth-order valence-electron chi connectivity index (χ4n) is 3.32. The van der Waals surface area contributed by atoms with E-state index in [-0.39, 0.29) is 12.1 Å². The number of carbonyl (C=O) groups excluding carboxylic acids is 1. The number of nitrogens with one attached hydrogen (secondary N) is 1. The topological polar surface area (TPSA) is 79.5 Å². The van der Waals surface area contributed by atoms with Gasteiger partial charge in [0, 0.05) is 5.39 Å². The van der Waals surface area contributed by atoms with E-state index < -0.39 is 17.1 Å². The molecule has 0 aliphatic heterocycles. The number of aliphatic hydroxyl groups is 1. The molecule has 1 unspecified atom stereocenters. The number of hydrogen-bond donors (Lipinski definition) is 2. The lowest BCUT2D eigenvalue weighted by molar-refractivity contribution is 0.0525. The van der Waals surface area contributed by atoms with Crippen LogP contribution in [-0.2, 0) is 5.60 Å². The molecule has 1 heterocycles. The molecule has 0 fully saturated rings. The molecule has 1 atom stereocenters. The molecule has 30 heavy (non-hydrogen) atoms. The van der Waals surface area contributed by atoms with E-state index in [2.05, 4.69) is 5.32 Å². The summed E-state index contributed by atoms with van der Waals surface area (Å²) in [4.78, 5) is 24.7. The maximum atomic E-state index is 12.5. The summed E-state index contributed by atoms with van der Waals surface area (Å²) in [6.07, 6.45) is 0. The summed E-state index contributed by atoms with van der Waals surface area (Å²) in [6.45, 7) is 1.57. The minimum atomic E-state index is -1.30. The van der Waals surface area contributed by atoms with E-state index in [0.717, 1.165) is 11.1 Å². The standard InChI is InChI=1S/C25H21NO4/c1-25(29,20-13-11-18(12-14-20)17-7-3-2-4-8-17)16-26-23(27)21-15-19-9-5-6-10-22(19)30-24(21)28/h2-15,29H,16H2,1H3,(H,26,27). The van der Waals surface area contributed by atoms with Crippen molar-refractivity contribution in [3.8, 4) is 11.1 Å². The lowest BCUT2D eigenvalue weighted by Gasteiger charge is -2.24. The third-order valence-corrected chi connectivity index (χ3v) is 5.09. The summed E-state index contributed by atoms with van der Waals surface area (Å²) in [7, 11) is 0. The van der Waals surface area contributed by atoms with Crippen molar-refractivity contribution in [2.75, 3.05) is 6.54 Å². The highest BCUT2D eigenvalue weighted by Gasteiger charge is 2.25. The summed E-state index contributed by atoms with van der Waals surface area (Å²) in [5.74, 6) is -0.587. The second-order valence-corrected chi connectivity index (χ2v) is 7.39. The molecule has 0 aliphatic carbocycles. The molecule has 150 valence electrons. The van der Waals surface area contributed by atoms with Crippen LogP contribution < -0.4 is 10.9 Å². The summed E-state index contributed by atoms with van der Waals surface area (Å²) in [6, 6.07) is 25.9. The van der Waals surface area contributed by atoms with Crippen molar-refractivity contribution >= 4 is 16.9 Å². The number of rotatable bonds is 5. The van der Waals surface area contributed by atoms with E-state index >= 15 is 0 Å². The predicted molar refractivity (Wildman–Crippen MR) is 116 cm³/mol. The van der Waals surface area contributed by atoms with Crippen LogP contribution in [0, 0.1) is 0 Å². The third kappa shape index (κ3) is 4.02. The molecule has 4 rings (SSSR count). The number of benzene rings is 3. The Balaban J connectivity index is 1.49. The second-order valence-electron chi connectivity index (χ2n) is 7.39. The zero-order valence-electron chi connectivity index (χ0n) is 16.5. The van der Waals surface area contributed by atoms with Crippen LogP contribution >= 0.6 is 0 Å². The number of para-hydroxylation sites is 1. The average molecular weight is 399 g/mol. The van der Waals surface area contributed by atoms with Gasteiger partial charge in [-0.25, -0.2) is 4.79 Å². The first-order valence-electron chi connectivity index (χ1n) is 9.63. The molecule has 0 radical (unpaired) electrons. The van der Waals surface area contributed by atoms with Crippen LogP contribution in [0.4, 0.5) is 0 Å². The second kappa shape index (κ2) is 7.97. The summed E-state index contributed by atoms with van der Waals surface area (Å²) >= 11 is 0. The van der Waals surface area contributed by atoms with Crippen LogP contribution in [0.15, 0.2) is 94.1 Å². The van der Waals surface area contributed by atoms with E-state index in [0.29, 0.717) is 16.5 Å². The van der Waals surface area contributed by atoms with Gasteiger partial charge in [0.25, 0.3) is 5.91 Å². The average Bonchev–Trinajstić information content (AvgIpc) is 2.78. The van der Waals surface area contributed by atoms with E-state index in [4.69, 9.17) is 4.42 Å². The number of fused-ring (bicyclic) bond motifs is 1. The van der Waals surface area contributed by atoms with Gasteiger partial charge in [0.15, 0.2) is 0 Å². The van der Waals surface area contributed by atoms with Gasteiger partial charge in [0.2, 0.25) is 0 Å². The van der Waals surface area contributed by atoms with E-state index in [1.165, 1.54) is 6.07 Å². The molecular weight excluding hydrogens is 378 g/mol. The molecule has 4 aromatic rings. The van der Waals surface area contributed by atoms with Gasteiger partial charge in [-0.3, -0.25) is 4.79 Å².